The van der Waals surface area contributed by atoms with E-state index in [-0.39, 0.29) is 79.7 Å². The van der Waals surface area contributed by atoms with Crippen molar-refractivity contribution in [3.63, 3.8) is 0 Å². The lowest BCUT2D eigenvalue weighted by Gasteiger charge is -2.19. The van der Waals surface area contributed by atoms with Gasteiger partial charge in [-0.2, -0.15) is 20.5 Å². The minimum absolute atomic E-state index is 0.0123. The van der Waals surface area contributed by atoms with Gasteiger partial charge in [-0.1, -0.05) is 107 Å². The predicted octanol–water partition coefficient (Wildman–Crippen LogP) is 13.9. The first-order chi connectivity index (χ1) is 31.2. The molecule has 0 radical (unpaired) electrons. The number of rotatable bonds is 16. The number of Topliss-reactive ketones (excluding diaryl/α,β-unsaturated/α-hetero) is 2. The van der Waals surface area contributed by atoms with Gasteiger partial charge in [-0.15, -0.1) is 0 Å². The number of hydrogen-bond acceptors (Lipinski definition) is 10. The smallest absolute Gasteiger partial charge is 0.258 e. The number of nitrogens with one attached hydrogen (secondary N) is 4. The Balaban J connectivity index is 1.31. The van der Waals surface area contributed by atoms with Crippen molar-refractivity contribution in [2.75, 3.05) is 21.3 Å². The van der Waals surface area contributed by atoms with Gasteiger partial charge in [-0.3, -0.25) is 28.8 Å². The lowest BCUT2D eigenvalue weighted by molar-refractivity contribution is -0.127. The highest BCUT2D eigenvalue weighted by Gasteiger charge is 2.27. The molecule has 0 fully saturated rings. The molecular weight excluding hydrogens is 1020 g/mol. The lowest BCUT2D eigenvalue weighted by Crippen LogP contribution is -2.33. The molecule has 0 bridgehead atoms. The molecule has 0 aliphatic heterocycles. The summed E-state index contributed by atoms with van der Waals surface area (Å²) < 4.78 is 0. The molecule has 0 saturated carbocycles. The normalized spacial score (nSPS) is 12.2. The Morgan fingerprint density at radius 2 is 0.848 bits per heavy atom. The van der Waals surface area contributed by atoms with Crippen LogP contribution in [0.4, 0.5) is 34.1 Å². The molecule has 5 aromatic rings. The summed E-state index contributed by atoms with van der Waals surface area (Å²) in [5.74, 6) is -4.16. The second-order valence-electron chi connectivity index (χ2n) is 14.0. The molecule has 0 heterocycles. The summed E-state index contributed by atoms with van der Waals surface area (Å²) >= 11 is 49.2. The van der Waals surface area contributed by atoms with Crippen molar-refractivity contribution in [1.82, 2.24) is 0 Å². The van der Waals surface area contributed by atoms with Gasteiger partial charge in [0.25, 0.3) is 23.6 Å². The zero-order valence-electron chi connectivity index (χ0n) is 34.8. The Bertz CT molecular complexity index is 2830. The molecule has 0 aliphatic rings. The van der Waals surface area contributed by atoms with Crippen LogP contribution in [0.3, 0.4) is 0 Å². The van der Waals surface area contributed by atoms with Crippen molar-refractivity contribution < 1.29 is 28.8 Å². The fourth-order valence-electron chi connectivity index (χ4n) is 5.92. The van der Waals surface area contributed by atoms with Crippen LogP contribution in [0.5, 0.6) is 0 Å². The zero-order valence-corrected chi connectivity index (χ0v) is 40.8. The van der Waals surface area contributed by atoms with Crippen LogP contribution in [0.1, 0.15) is 59.5 Å². The second-order valence-corrected chi connectivity index (χ2v) is 17.3. The summed E-state index contributed by atoms with van der Waals surface area (Å²) in [7, 11) is 0. The average Bonchev–Trinajstić information content (AvgIpc) is 3.25. The molecule has 0 spiro atoms. The van der Waals surface area contributed by atoms with Crippen molar-refractivity contribution in [2.45, 2.75) is 52.6 Å². The molecule has 22 heteroatoms. The number of benzene rings is 5. The highest BCUT2D eigenvalue weighted by molar-refractivity contribution is 6.45. The van der Waals surface area contributed by atoms with Gasteiger partial charge in [-0.25, -0.2) is 0 Å². The first-order valence-corrected chi connectivity index (χ1v) is 22.3. The van der Waals surface area contributed by atoms with E-state index in [0.717, 1.165) is 13.8 Å². The summed E-state index contributed by atoms with van der Waals surface area (Å²) in [5.41, 5.74) is 2.31. The number of nitrogens with zero attached hydrogens (tertiary/aromatic N) is 4. The highest BCUT2D eigenvalue weighted by atomic mass is 35.5. The van der Waals surface area contributed by atoms with Crippen LogP contribution in [-0.2, 0) is 32.0 Å². The molecule has 342 valence electrons. The molecule has 4 amide bonds. The molecule has 5 rings (SSSR count). The fraction of sp³-hybridized carbons (Fsp3) is 0.182. The molecule has 14 nitrogen and oxygen atoms in total. The zero-order chi connectivity index (χ0) is 48.6. The van der Waals surface area contributed by atoms with Crippen molar-refractivity contribution >= 4 is 162 Å². The number of carbonyl (C=O) groups is 6. The third-order valence-corrected chi connectivity index (χ3v) is 12.0. The van der Waals surface area contributed by atoms with Crippen LogP contribution in [0.15, 0.2) is 93.3 Å². The van der Waals surface area contributed by atoms with Crippen LogP contribution < -0.4 is 21.3 Å². The van der Waals surface area contributed by atoms with Gasteiger partial charge in [0.1, 0.15) is 11.4 Å². The maximum Gasteiger partial charge on any atom is 0.258 e. The first-order valence-electron chi connectivity index (χ1n) is 19.3. The molecule has 0 aliphatic carbocycles. The maximum absolute atomic E-state index is 13.7. The maximum atomic E-state index is 13.7. The van der Waals surface area contributed by atoms with E-state index in [1.807, 2.05) is 13.8 Å². The van der Waals surface area contributed by atoms with Crippen LogP contribution in [0.25, 0.3) is 0 Å². The van der Waals surface area contributed by atoms with Crippen LogP contribution >= 0.6 is 92.8 Å². The van der Waals surface area contributed by atoms with E-state index in [2.05, 4.69) is 41.7 Å². The SMILES string of the molecule is CCc1cc(NC(=O)C(N=Nc2cc(C(=O)Nc3cc(Cl)c(Cl)cc3Cl)ccc2Cl)C(C)=O)cc(CC)c1NC(=O)C(N=Nc1cc(C(=O)Nc2cc(Cl)c(Cl)cc2Cl)ccc1Cl)C(C)=O. The predicted molar refractivity (Wildman–Crippen MR) is 262 cm³/mol. The van der Waals surface area contributed by atoms with Gasteiger partial charge < -0.3 is 21.3 Å². The molecule has 0 saturated heterocycles. The van der Waals surface area contributed by atoms with E-state index in [1.165, 1.54) is 60.7 Å². The molecular formula is C44H34Cl8N8O6. The summed E-state index contributed by atoms with van der Waals surface area (Å²) in [5, 5.41) is 28.0. The Morgan fingerprint density at radius 3 is 1.23 bits per heavy atom. The van der Waals surface area contributed by atoms with Crippen molar-refractivity contribution in [2.24, 2.45) is 20.5 Å². The third-order valence-electron chi connectivity index (χ3n) is 9.34. The monoisotopic (exact) mass is 1050 g/mol. The van der Waals surface area contributed by atoms with Crippen LogP contribution in [0, 0.1) is 0 Å². The molecule has 4 N–H and O–H groups in total. The lowest BCUT2D eigenvalue weighted by atomic mass is 10.0. The second kappa shape index (κ2) is 23.0. The number of halogens is 8. The Hall–Kier alpha value is -5.16. The van der Waals surface area contributed by atoms with E-state index in [9.17, 15) is 28.8 Å². The first kappa shape index (κ1) is 51.8. The third kappa shape index (κ3) is 13.0. The van der Waals surface area contributed by atoms with Gasteiger partial charge >= 0.3 is 0 Å². The van der Waals surface area contributed by atoms with Crippen LogP contribution in [0.2, 0.25) is 40.2 Å². The van der Waals surface area contributed by atoms with Crippen molar-refractivity contribution in [3.05, 3.63) is 135 Å². The number of azo groups is 2. The highest BCUT2D eigenvalue weighted by Crippen LogP contribution is 2.36. The minimum Gasteiger partial charge on any atom is -0.324 e. The quantitative estimate of drug-likeness (QED) is 0.0430. The number of ketones is 2. The van der Waals surface area contributed by atoms with Gasteiger partial charge in [0.05, 0.1) is 51.6 Å². The van der Waals surface area contributed by atoms with Gasteiger partial charge in [0, 0.05) is 22.5 Å². The summed E-state index contributed by atoms with van der Waals surface area (Å²) in [6, 6.07) is 13.7. The summed E-state index contributed by atoms with van der Waals surface area (Å²) in [6.07, 6.45) is 0.706. The molecule has 5 aromatic carbocycles. The summed E-state index contributed by atoms with van der Waals surface area (Å²) in [4.78, 5) is 78.9. The van der Waals surface area contributed by atoms with E-state index < -0.39 is 47.3 Å². The topological polar surface area (TPSA) is 200 Å². The van der Waals surface area contributed by atoms with Crippen LogP contribution in [-0.4, -0.2) is 47.3 Å². The van der Waals surface area contributed by atoms with Gasteiger partial charge in [0.15, 0.2) is 11.6 Å². The minimum atomic E-state index is -1.63. The number of hydrogen-bond donors (Lipinski definition) is 4. The van der Waals surface area contributed by atoms with Gasteiger partial charge in [0.2, 0.25) is 12.1 Å². The van der Waals surface area contributed by atoms with E-state index in [1.54, 1.807) is 12.1 Å². The number of aryl methyl sites for hydroxylation is 2. The van der Waals surface area contributed by atoms with E-state index >= 15 is 0 Å². The van der Waals surface area contributed by atoms with E-state index in [0.29, 0.717) is 29.7 Å². The molecule has 2 unspecified atom stereocenters. The molecule has 2 atom stereocenters. The van der Waals surface area contributed by atoms with Crippen molar-refractivity contribution in [3.8, 4) is 0 Å². The molecule has 0 aromatic heterocycles. The van der Waals surface area contributed by atoms with E-state index in [4.69, 9.17) is 92.8 Å². The Labute approximate surface area is 417 Å². The number of anilines is 4. The largest absolute Gasteiger partial charge is 0.324 e. The summed E-state index contributed by atoms with van der Waals surface area (Å²) in [6.45, 7) is 5.94. The Kier molecular flexibility index (Phi) is 18.1. The Morgan fingerprint density at radius 1 is 0.470 bits per heavy atom. The van der Waals surface area contributed by atoms with Crippen molar-refractivity contribution in [1.29, 1.82) is 0 Å². The number of carbonyl (C=O) groups excluding carboxylic acids is 6. The average molecular weight is 1050 g/mol. The molecule has 66 heavy (non-hydrogen) atoms. The fourth-order valence-corrected chi connectivity index (χ4v) is 7.42. The standard InChI is InChI=1S/C44H34Cl8N8O6/c1-5-21-11-25(53-43(65)38(19(3)61)59-57-36-13-23(7-9-26(36)45)41(63)54-34-17-30(49)28(47)15-32(34)51)12-22(6-2)40(21)56-44(66)39(20(4)62)60-58-37-14-24(8-10-27(37)46)42(64)55-35-18-31(50)29(48)16-33(35)52/h7-18,38-39H,5-6H2,1-4H3,(H,53,65)(H,54,63)(H,55,64)(H,56,66). The van der Waals surface area contributed by atoms with Gasteiger partial charge in [-0.05, 0) is 111 Å². The number of amides is 4.